The summed E-state index contributed by atoms with van der Waals surface area (Å²) in [5.74, 6) is -1.03. The molecule has 0 aromatic heterocycles. The van der Waals surface area contributed by atoms with Gasteiger partial charge in [0.2, 0.25) is 0 Å². The van der Waals surface area contributed by atoms with Gasteiger partial charge in [0, 0.05) is 19.3 Å². The maximum absolute atomic E-state index is 12.9. The molecule has 77 heavy (non-hydrogen) atoms. The number of hydrogen-bond donors (Lipinski definition) is 0. The Morgan fingerprint density at radius 2 is 0.532 bits per heavy atom. The number of esters is 3. The molecule has 0 radical (unpaired) electrons. The van der Waals surface area contributed by atoms with Gasteiger partial charge in [0.1, 0.15) is 13.2 Å². The fourth-order valence-corrected chi connectivity index (χ4v) is 8.20. The van der Waals surface area contributed by atoms with Crippen molar-refractivity contribution in [1.82, 2.24) is 0 Å². The minimum absolute atomic E-state index is 0.120. The molecular weight excluding hydrogens is 949 g/mol. The van der Waals surface area contributed by atoms with Gasteiger partial charge >= 0.3 is 17.9 Å². The Morgan fingerprint density at radius 1 is 0.273 bits per heavy atom. The van der Waals surface area contributed by atoms with Crippen LogP contribution in [-0.2, 0) is 28.6 Å². The molecule has 0 aliphatic rings. The number of rotatable bonds is 55. The van der Waals surface area contributed by atoms with Crippen molar-refractivity contribution < 1.29 is 28.6 Å². The zero-order chi connectivity index (χ0) is 55.7. The number of ether oxygens (including phenoxy) is 3. The second-order valence-electron chi connectivity index (χ2n) is 20.2. The number of allylic oxidation sites excluding steroid dienone is 24. The summed E-state index contributed by atoms with van der Waals surface area (Å²) in [4.78, 5) is 38.3. The Morgan fingerprint density at radius 3 is 0.857 bits per heavy atom. The summed E-state index contributed by atoms with van der Waals surface area (Å²) >= 11 is 0. The third kappa shape index (κ3) is 62.0. The van der Waals surface area contributed by atoms with Crippen molar-refractivity contribution in [1.29, 1.82) is 0 Å². The first-order valence-corrected chi connectivity index (χ1v) is 31.3. The zero-order valence-corrected chi connectivity index (χ0v) is 49.7. The normalized spacial score (nSPS) is 13.1. The smallest absolute Gasteiger partial charge is 0.306 e. The summed E-state index contributed by atoms with van der Waals surface area (Å²) in [6.45, 7) is 6.33. The van der Waals surface area contributed by atoms with E-state index in [4.69, 9.17) is 14.2 Å². The molecule has 0 heterocycles. The lowest BCUT2D eigenvalue weighted by atomic mass is 10.1. The molecule has 0 amide bonds. The van der Waals surface area contributed by atoms with Crippen LogP contribution >= 0.6 is 0 Å². The molecule has 0 fully saturated rings. The molecule has 1 unspecified atom stereocenters. The van der Waals surface area contributed by atoms with E-state index in [9.17, 15) is 14.4 Å². The Hall–Kier alpha value is -4.71. The summed E-state index contributed by atoms with van der Waals surface area (Å²) in [7, 11) is 0. The molecule has 0 aliphatic carbocycles. The zero-order valence-electron chi connectivity index (χ0n) is 49.7. The first kappa shape index (κ1) is 72.3. The molecule has 434 valence electrons. The van der Waals surface area contributed by atoms with Gasteiger partial charge in [0.15, 0.2) is 6.10 Å². The summed E-state index contributed by atoms with van der Waals surface area (Å²) in [6, 6.07) is 0. The van der Waals surface area contributed by atoms with E-state index in [0.717, 1.165) is 128 Å². The number of hydrogen-bond acceptors (Lipinski definition) is 6. The first-order chi connectivity index (χ1) is 38.0. The van der Waals surface area contributed by atoms with Gasteiger partial charge in [-0.15, -0.1) is 0 Å². The fraction of sp³-hybridized carbons (Fsp3) is 0.620. The van der Waals surface area contributed by atoms with Crippen molar-refractivity contribution in [2.45, 2.75) is 271 Å². The molecule has 0 aromatic rings. The molecule has 0 N–H and O–H groups in total. The lowest BCUT2D eigenvalue weighted by Gasteiger charge is -2.18. The van der Waals surface area contributed by atoms with E-state index in [1.165, 1.54) is 89.9 Å². The standard InChI is InChI=1S/C71H114O6/c1-4-7-10-13-16-19-22-25-28-31-34-35-38-40-43-46-49-52-55-58-61-64-70(73)76-67-68(77-71(74)65-62-59-56-53-50-47-44-41-37-33-30-27-24-21-18-15-12-9-6-3)66-75-69(72)63-60-57-54-51-48-45-42-39-36-32-29-26-23-20-17-14-11-8-5-2/h7,9-10,12,16,18-19,21,25-30,34-35,37,40-41,43,47,50,56,59,68H,4-6,8,11,13-15,17,20,22-24,31-33,36,38-39,42,44-46,48-49,51-55,57-58,60-67H2,1-3H3/b10-7-,12-9-,19-16-,21-18-,28-25-,29-26-,30-27-,35-34-,41-37-,43-40-,50-47-,59-56-. The van der Waals surface area contributed by atoms with Crippen LogP contribution in [-0.4, -0.2) is 37.2 Å². The molecule has 1 atom stereocenters. The van der Waals surface area contributed by atoms with Crippen LogP contribution in [0.4, 0.5) is 0 Å². The number of carbonyl (C=O) groups excluding carboxylic acids is 3. The van der Waals surface area contributed by atoms with Gasteiger partial charge in [-0.3, -0.25) is 14.4 Å². The Bertz CT molecular complexity index is 1700. The highest BCUT2D eigenvalue weighted by atomic mass is 16.6. The topological polar surface area (TPSA) is 78.9 Å². The van der Waals surface area contributed by atoms with Gasteiger partial charge in [-0.25, -0.2) is 0 Å². The van der Waals surface area contributed by atoms with Crippen molar-refractivity contribution in [2.24, 2.45) is 0 Å². The molecule has 0 aliphatic heterocycles. The van der Waals surface area contributed by atoms with Gasteiger partial charge < -0.3 is 14.2 Å². The first-order valence-electron chi connectivity index (χ1n) is 31.3. The predicted molar refractivity (Wildman–Crippen MR) is 334 cm³/mol. The van der Waals surface area contributed by atoms with Crippen LogP contribution in [0.1, 0.15) is 265 Å². The summed E-state index contributed by atoms with van der Waals surface area (Å²) in [5.41, 5.74) is 0. The van der Waals surface area contributed by atoms with Crippen LogP contribution in [0.5, 0.6) is 0 Å². The van der Waals surface area contributed by atoms with Gasteiger partial charge in [0.05, 0.1) is 0 Å². The minimum Gasteiger partial charge on any atom is -0.462 e. The average molecular weight is 1060 g/mol. The van der Waals surface area contributed by atoms with E-state index in [2.05, 4.69) is 154 Å². The van der Waals surface area contributed by atoms with E-state index < -0.39 is 12.1 Å². The average Bonchev–Trinajstić information content (AvgIpc) is 3.43. The highest BCUT2D eigenvalue weighted by molar-refractivity contribution is 5.71. The van der Waals surface area contributed by atoms with Gasteiger partial charge in [0.25, 0.3) is 0 Å². The van der Waals surface area contributed by atoms with Crippen LogP contribution in [0.25, 0.3) is 0 Å². The molecule has 0 aromatic carbocycles. The van der Waals surface area contributed by atoms with E-state index in [-0.39, 0.29) is 31.6 Å². The Labute approximate surface area is 474 Å². The van der Waals surface area contributed by atoms with E-state index in [1.807, 2.05) is 12.2 Å². The number of carbonyl (C=O) groups is 3. The van der Waals surface area contributed by atoms with Gasteiger partial charge in [-0.2, -0.15) is 0 Å². The molecule has 0 saturated carbocycles. The maximum Gasteiger partial charge on any atom is 0.306 e. The molecule has 0 spiro atoms. The highest BCUT2D eigenvalue weighted by Crippen LogP contribution is 2.14. The molecule has 0 bridgehead atoms. The quantitative estimate of drug-likeness (QED) is 0.0261. The van der Waals surface area contributed by atoms with Crippen molar-refractivity contribution in [3.05, 3.63) is 146 Å². The monoisotopic (exact) mass is 1060 g/mol. The molecule has 6 nitrogen and oxygen atoms in total. The van der Waals surface area contributed by atoms with Crippen LogP contribution in [0.2, 0.25) is 0 Å². The van der Waals surface area contributed by atoms with Crippen LogP contribution < -0.4 is 0 Å². The van der Waals surface area contributed by atoms with Crippen LogP contribution in [0, 0.1) is 0 Å². The van der Waals surface area contributed by atoms with E-state index >= 15 is 0 Å². The second kappa shape index (κ2) is 63.8. The lowest BCUT2D eigenvalue weighted by molar-refractivity contribution is -0.166. The maximum atomic E-state index is 12.9. The number of unbranched alkanes of at least 4 members (excludes halogenated alkanes) is 20. The summed E-state index contributed by atoms with van der Waals surface area (Å²) < 4.78 is 16.8. The minimum atomic E-state index is -0.835. The molecule has 6 heteroatoms. The third-order valence-electron chi connectivity index (χ3n) is 12.8. The fourth-order valence-electron chi connectivity index (χ4n) is 8.20. The van der Waals surface area contributed by atoms with Crippen molar-refractivity contribution in [3.8, 4) is 0 Å². The van der Waals surface area contributed by atoms with Crippen molar-refractivity contribution in [2.75, 3.05) is 13.2 Å². The highest BCUT2D eigenvalue weighted by Gasteiger charge is 2.19. The Balaban J connectivity index is 4.55. The lowest BCUT2D eigenvalue weighted by Crippen LogP contribution is -2.30. The van der Waals surface area contributed by atoms with Crippen molar-refractivity contribution >= 4 is 17.9 Å². The largest absolute Gasteiger partial charge is 0.462 e. The third-order valence-corrected chi connectivity index (χ3v) is 12.8. The Kier molecular flexibility index (Phi) is 59.9. The van der Waals surface area contributed by atoms with Crippen LogP contribution in [0.3, 0.4) is 0 Å². The summed E-state index contributed by atoms with van der Waals surface area (Å²) in [6.07, 6.45) is 91.4. The van der Waals surface area contributed by atoms with Crippen LogP contribution in [0.15, 0.2) is 146 Å². The van der Waals surface area contributed by atoms with E-state index in [1.54, 1.807) is 0 Å². The van der Waals surface area contributed by atoms with Crippen molar-refractivity contribution in [3.63, 3.8) is 0 Å². The van der Waals surface area contributed by atoms with E-state index in [0.29, 0.717) is 19.3 Å². The van der Waals surface area contributed by atoms with Gasteiger partial charge in [-0.1, -0.05) is 263 Å². The second-order valence-corrected chi connectivity index (χ2v) is 20.2. The molecule has 0 saturated heterocycles. The summed E-state index contributed by atoms with van der Waals surface area (Å²) in [5, 5.41) is 0. The molecular formula is C71H114O6. The predicted octanol–water partition coefficient (Wildman–Crippen LogP) is 21.5. The van der Waals surface area contributed by atoms with Gasteiger partial charge in [-0.05, 0) is 128 Å². The SMILES string of the molecule is CC/C=C\C/C=C\C/C=C\C/C=C\C/C=C\C/C=C\CCC(=O)OC(COC(=O)CCCCCCC/C=C\C/C=C\C/C=C\C/C=C\C/C=C\CC)COC(=O)CCCCCCCCCCC/C=C\CCCCCCCC. The molecule has 0 rings (SSSR count).